The van der Waals surface area contributed by atoms with E-state index in [0.29, 0.717) is 17.1 Å². The highest BCUT2D eigenvalue weighted by atomic mass is 32.2. The minimum Gasteiger partial charge on any atom is -0.454 e. The van der Waals surface area contributed by atoms with Crippen LogP contribution in [0.25, 0.3) is 10.9 Å². The second-order valence-corrected chi connectivity index (χ2v) is 9.99. The number of sulfonamides is 1. The second kappa shape index (κ2) is 8.51. The van der Waals surface area contributed by atoms with Crippen molar-refractivity contribution in [3.63, 3.8) is 0 Å². The van der Waals surface area contributed by atoms with Gasteiger partial charge in [-0.15, -0.1) is 0 Å². The number of ether oxygens (including phenoxy) is 2. The maximum atomic E-state index is 13.0. The van der Waals surface area contributed by atoms with E-state index < -0.39 is 15.9 Å². The van der Waals surface area contributed by atoms with E-state index in [1.54, 1.807) is 36.4 Å². The van der Waals surface area contributed by atoms with Crippen molar-refractivity contribution in [3.05, 3.63) is 89.1 Å². The van der Waals surface area contributed by atoms with E-state index in [0.717, 1.165) is 27.7 Å². The molecule has 5 rings (SSSR count). The maximum absolute atomic E-state index is 13.0. The number of H-pyrrole nitrogens is 1. The number of aryl methyl sites for hydroxylation is 1. The Kier molecular flexibility index (Phi) is 5.51. The largest absolute Gasteiger partial charge is 0.454 e. The summed E-state index contributed by atoms with van der Waals surface area (Å²) in [7, 11) is -3.73. The van der Waals surface area contributed by atoms with Crippen molar-refractivity contribution in [1.82, 2.24) is 9.71 Å². The Bertz CT molecular complexity index is 1490. The Balaban J connectivity index is 1.52. The molecule has 1 aliphatic heterocycles. The third-order valence-corrected chi connectivity index (χ3v) is 7.35. The van der Waals surface area contributed by atoms with Gasteiger partial charge in [0.15, 0.2) is 11.5 Å². The lowest BCUT2D eigenvalue weighted by atomic mass is 9.95. The molecule has 2 heterocycles. The van der Waals surface area contributed by atoms with E-state index in [-0.39, 0.29) is 24.2 Å². The number of carbonyl (C=O) groups is 1. The van der Waals surface area contributed by atoms with E-state index in [9.17, 15) is 13.2 Å². The number of hydrogen-bond donors (Lipinski definition) is 3. The fourth-order valence-electron chi connectivity index (χ4n) is 4.02. The quantitative estimate of drug-likeness (QED) is 0.376. The summed E-state index contributed by atoms with van der Waals surface area (Å²) in [6, 6.07) is 19.3. The lowest BCUT2D eigenvalue weighted by Gasteiger charge is -2.18. The normalized spacial score (nSPS) is 13.8. The zero-order valence-electron chi connectivity index (χ0n) is 18.4. The summed E-state index contributed by atoms with van der Waals surface area (Å²) in [5.41, 5.74) is 9.15. The van der Waals surface area contributed by atoms with Crippen molar-refractivity contribution in [2.45, 2.75) is 17.7 Å². The number of primary amides is 1. The molecule has 0 radical (unpaired) electrons. The topological polar surface area (TPSA) is 124 Å². The van der Waals surface area contributed by atoms with Gasteiger partial charge in [-0.2, -0.15) is 0 Å². The van der Waals surface area contributed by atoms with Gasteiger partial charge in [0.25, 0.3) is 0 Å². The molecule has 0 spiro atoms. The van der Waals surface area contributed by atoms with Crippen LogP contribution in [0, 0.1) is 6.92 Å². The number of nitrogens with one attached hydrogen (secondary N) is 2. The highest BCUT2D eigenvalue weighted by Crippen LogP contribution is 2.37. The van der Waals surface area contributed by atoms with Crippen molar-refractivity contribution in [2.75, 3.05) is 13.3 Å². The Hall–Kier alpha value is -3.82. The predicted octanol–water partition coefficient (Wildman–Crippen LogP) is 3.41. The van der Waals surface area contributed by atoms with Crippen molar-refractivity contribution < 1.29 is 22.7 Å². The van der Waals surface area contributed by atoms with Gasteiger partial charge in [0.1, 0.15) is 0 Å². The molecular weight excluding hydrogens is 454 g/mol. The fraction of sp³-hybridized carbons (Fsp3) is 0.160. The molecule has 34 heavy (non-hydrogen) atoms. The van der Waals surface area contributed by atoms with E-state index in [1.807, 2.05) is 37.3 Å². The number of benzene rings is 3. The van der Waals surface area contributed by atoms with E-state index in [4.69, 9.17) is 15.2 Å². The number of amides is 1. The van der Waals surface area contributed by atoms with Crippen LogP contribution in [0.5, 0.6) is 11.5 Å². The lowest BCUT2D eigenvalue weighted by molar-refractivity contribution is 0.100. The van der Waals surface area contributed by atoms with Crippen LogP contribution in [0.15, 0.2) is 71.6 Å². The first-order valence-electron chi connectivity index (χ1n) is 10.7. The summed E-state index contributed by atoms with van der Waals surface area (Å²) in [5.74, 6) is 0.372. The van der Waals surface area contributed by atoms with Crippen LogP contribution >= 0.6 is 0 Å². The van der Waals surface area contributed by atoms with E-state index in [1.165, 1.54) is 0 Å². The molecule has 8 nitrogen and oxygen atoms in total. The monoisotopic (exact) mass is 477 g/mol. The molecule has 0 bridgehead atoms. The Labute approximate surface area is 196 Å². The number of fused-ring (bicyclic) bond motifs is 2. The molecule has 1 amide bonds. The highest BCUT2D eigenvalue weighted by molar-refractivity contribution is 7.89. The summed E-state index contributed by atoms with van der Waals surface area (Å²) in [5, 5.41) is 0.882. The zero-order chi connectivity index (χ0) is 23.9. The Morgan fingerprint density at radius 3 is 2.56 bits per heavy atom. The second-order valence-electron chi connectivity index (χ2n) is 8.22. The summed E-state index contributed by atoms with van der Waals surface area (Å²) in [6.45, 7) is 2.15. The first kappa shape index (κ1) is 22.0. The van der Waals surface area contributed by atoms with Crippen LogP contribution in [0.2, 0.25) is 0 Å². The molecule has 9 heteroatoms. The van der Waals surface area contributed by atoms with Gasteiger partial charge in [0.2, 0.25) is 22.7 Å². The molecule has 4 aromatic rings. The molecule has 1 atom stereocenters. The van der Waals surface area contributed by atoms with Crippen molar-refractivity contribution >= 4 is 26.8 Å². The van der Waals surface area contributed by atoms with E-state index >= 15 is 0 Å². The lowest BCUT2D eigenvalue weighted by Crippen LogP contribution is -2.29. The third-order valence-electron chi connectivity index (χ3n) is 5.91. The van der Waals surface area contributed by atoms with Crippen molar-refractivity contribution in [2.24, 2.45) is 5.73 Å². The van der Waals surface area contributed by atoms with Gasteiger partial charge < -0.3 is 20.2 Å². The molecule has 1 unspecified atom stereocenters. The highest BCUT2D eigenvalue weighted by Gasteiger charge is 2.24. The molecule has 3 aromatic carbocycles. The molecule has 0 saturated heterocycles. The first-order valence-corrected chi connectivity index (χ1v) is 12.2. The number of rotatable bonds is 7. The van der Waals surface area contributed by atoms with Crippen molar-refractivity contribution in [3.8, 4) is 11.5 Å². The number of aromatic amines is 1. The van der Waals surface area contributed by atoms with E-state index in [2.05, 4.69) is 9.71 Å². The van der Waals surface area contributed by atoms with Crippen molar-refractivity contribution in [1.29, 1.82) is 0 Å². The summed E-state index contributed by atoms with van der Waals surface area (Å²) < 4.78 is 39.6. The molecule has 0 saturated carbocycles. The average Bonchev–Trinajstić information content (AvgIpc) is 3.45. The van der Waals surface area contributed by atoms with Gasteiger partial charge in [-0.3, -0.25) is 4.79 Å². The molecule has 0 aliphatic carbocycles. The van der Waals surface area contributed by atoms with Crippen LogP contribution in [0.3, 0.4) is 0 Å². The average molecular weight is 478 g/mol. The molecule has 174 valence electrons. The Morgan fingerprint density at radius 1 is 1.03 bits per heavy atom. The molecule has 0 fully saturated rings. The smallest absolute Gasteiger partial charge is 0.248 e. The minimum absolute atomic E-state index is 0.103. The first-order chi connectivity index (χ1) is 16.3. The maximum Gasteiger partial charge on any atom is 0.248 e. The van der Waals surface area contributed by atoms with Gasteiger partial charge in [-0.1, -0.05) is 29.8 Å². The number of aromatic nitrogens is 1. The Morgan fingerprint density at radius 2 is 1.79 bits per heavy atom. The molecular formula is C25H23N3O5S. The molecule has 1 aliphatic rings. The van der Waals surface area contributed by atoms with Crippen LogP contribution in [0.4, 0.5) is 0 Å². The van der Waals surface area contributed by atoms with Gasteiger partial charge in [0.05, 0.1) is 4.90 Å². The summed E-state index contributed by atoms with van der Waals surface area (Å²) >= 11 is 0. The van der Waals surface area contributed by atoms with Gasteiger partial charge in [-0.05, 0) is 60.3 Å². The number of carbonyl (C=O) groups excluding carboxylic acids is 1. The third kappa shape index (κ3) is 4.23. The number of nitrogens with two attached hydrogens (primary N) is 1. The van der Waals surface area contributed by atoms with Crippen LogP contribution in [-0.4, -0.2) is 32.6 Å². The van der Waals surface area contributed by atoms with Gasteiger partial charge in [0, 0.05) is 29.2 Å². The summed E-state index contributed by atoms with van der Waals surface area (Å²) in [6.07, 6.45) is 0. The SMILES string of the molecule is Cc1ccc(S(=O)(=O)NCC(c2ccc3c(c2)OCO3)c2cc3ccc(C(N)=O)cc3[nH]2)cc1. The molecule has 4 N–H and O–H groups in total. The van der Waals surface area contributed by atoms with Gasteiger partial charge in [-0.25, -0.2) is 13.1 Å². The zero-order valence-corrected chi connectivity index (χ0v) is 19.2. The standard InChI is InChI=1S/C25H23N3O5S/c1-15-2-7-19(8-3-15)34(30,31)27-13-20(16-6-9-23-24(12-16)33-14-32-23)22-10-17-4-5-18(25(26)29)11-21(17)28-22/h2-12,20,27-28H,13-14H2,1H3,(H2,26,29). The molecule has 1 aromatic heterocycles. The number of hydrogen-bond acceptors (Lipinski definition) is 5. The summed E-state index contributed by atoms with van der Waals surface area (Å²) in [4.78, 5) is 15.1. The fourth-order valence-corrected chi connectivity index (χ4v) is 5.07. The van der Waals surface area contributed by atoms with Crippen LogP contribution < -0.4 is 19.9 Å². The predicted molar refractivity (Wildman–Crippen MR) is 128 cm³/mol. The van der Waals surface area contributed by atoms with Crippen LogP contribution in [0.1, 0.15) is 33.1 Å². The van der Waals surface area contributed by atoms with Gasteiger partial charge >= 0.3 is 0 Å². The van der Waals surface area contributed by atoms with Crippen LogP contribution in [-0.2, 0) is 10.0 Å². The minimum atomic E-state index is -3.73.